The number of rotatable bonds is 7. The number of hydrogen-bond donors (Lipinski definition) is 2. The molecule has 0 spiro atoms. The number of nitrogens with one attached hydrogen (secondary N) is 2. The van der Waals surface area contributed by atoms with E-state index >= 15 is 0 Å². The molecule has 0 unspecified atom stereocenters. The van der Waals surface area contributed by atoms with Gasteiger partial charge in [-0.05, 0) is 12.1 Å². The first-order valence-electron chi connectivity index (χ1n) is 6.17. The molecule has 7 nitrogen and oxygen atoms in total. The summed E-state index contributed by atoms with van der Waals surface area (Å²) in [5.74, 6) is 0. The van der Waals surface area contributed by atoms with E-state index in [2.05, 4.69) is 10.6 Å². The highest BCUT2D eigenvalue weighted by Crippen LogP contribution is 2.27. The Morgan fingerprint density at radius 1 is 1.30 bits per heavy atom. The molecule has 0 aliphatic heterocycles. The Bertz CT molecular complexity index is 584. The number of nitro benzene ring substituents is 1. The molecule has 0 aliphatic rings. The number of benzene rings is 1. The third-order valence-electron chi connectivity index (χ3n) is 2.59. The predicted molar refractivity (Wildman–Crippen MR) is 77.8 cm³/mol. The van der Waals surface area contributed by atoms with Gasteiger partial charge in [0.2, 0.25) is 0 Å². The van der Waals surface area contributed by atoms with Gasteiger partial charge in [-0.25, -0.2) is 8.42 Å². The Kier molecular flexibility index (Phi) is 5.46. The molecular weight excluding hydrogens is 282 g/mol. The van der Waals surface area contributed by atoms with Crippen LogP contribution in [0.5, 0.6) is 0 Å². The number of anilines is 1. The molecule has 0 radical (unpaired) electrons. The smallest absolute Gasteiger partial charge is 0.293 e. The van der Waals surface area contributed by atoms with Crippen molar-refractivity contribution >= 4 is 21.2 Å². The van der Waals surface area contributed by atoms with Gasteiger partial charge in [0.1, 0.15) is 5.69 Å². The van der Waals surface area contributed by atoms with Crippen LogP contribution in [-0.4, -0.2) is 38.7 Å². The van der Waals surface area contributed by atoms with Crippen LogP contribution in [0.2, 0.25) is 0 Å². The molecular formula is C12H19N3O4S. The van der Waals surface area contributed by atoms with Crippen LogP contribution < -0.4 is 10.6 Å². The molecule has 0 aromatic heterocycles. The van der Waals surface area contributed by atoms with E-state index in [1.165, 1.54) is 12.1 Å². The number of nitrogens with zero attached hydrogens (tertiary/aromatic N) is 1. The lowest BCUT2D eigenvalue weighted by molar-refractivity contribution is -0.384. The summed E-state index contributed by atoms with van der Waals surface area (Å²) >= 11 is 0. The molecule has 0 fully saturated rings. The van der Waals surface area contributed by atoms with Gasteiger partial charge >= 0.3 is 0 Å². The summed E-state index contributed by atoms with van der Waals surface area (Å²) in [6.45, 7) is 5.17. The fourth-order valence-corrected chi connectivity index (χ4v) is 2.24. The summed E-state index contributed by atoms with van der Waals surface area (Å²) in [4.78, 5) is 10.3. The van der Waals surface area contributed by atoms with E-state index in [1.807, 2.05) is 13.8 Å². The van der Waals surface area contributed by atoms with Crippen LogP contribution in [0.1, 0.15) is 13.8 Å². The molecule has 20 heavy (non-hydrogen) atoms. The highest BCUT2D eigenvalue weighted by molar-refractivity contribution is 7.90. The van der Waals surface area contributed by atoms with E-state index in [0.29, 0.717) is 24.8 Å². The molecule has 1 rings (SSSR count). The van der Waals surface area contributed by atoms with Crippen molar-refractivity contribution < 1.29 is 13.3 Å². The molecule has 0 heterocycles. The maximum atomic E-state index is 11.4. The predicted octanol–water partition coefficient (Wildman–Crippen LogP) is 1.41. The van der Waals surface area contributed by atoms with Crippen LogP contribution in [0.25, 0.3) is 0 Å². The van der Waals surface area contributed by atoms with Gasteiger partial charge in [-0.3, -0.25) is 10.1 Å². The minimum atomic E-state index is -3.46. The molecule has 2 N–H and O–H groups in total. The van der Waals surface area contributed by atoms with Crippen molar-refractivity contribution in [2.45, 2.75) is 24.8 Å². The Labute approximate surface area is 118 Å². The summed E-state index contributed by atoms with van der Waals surface area (Å²) in [7, 11) is -3.46. The highest BCUT2D eigenvalue weighted by atomic mass is 32.2. The summed E-state index contributed by atoms with van der Waals surface area (Å²) in [6.07, 6.45) is 1.02. The molecule has 0 atom stereocenters. The lowest BCUT2D eigenvalue weighted by Crippen LogP contribution is -2.28. The van der Waals surface area contributed by atoms with Crippen molar-refractivity contribution in [2.24, 2.45) is 0 Å². The highest BCUT2D eigenvalue weighted by Gasteiger charge is 2.18. The molecule has 0 bridgehead atoms. The minimum absolute atomic E-state index is 0.0601. The second-order valence-corrected chi connectivity index (χ2v) is 6.76. The second-order valence-electron chi connectivity index (χ2n) is 4.74. The quantitative estimate of drug-likeness (QED) is 0.448. The summed E-state index contributed by atoms with van der Waals surface area (Å²) in [5.41, 5.74) is 0.0745. The van der Waals surface area contributed by atoms with Gasteiger partial charge in [0.15, 0.2) is 9.84 Å². The van der Waals surface area contributed by atoms with Gasteiger partial charge in [0, 0.05) is 31.5 Å². The normalized spacial score (nSPS) is 11.6. The third kappa shape index (κ3) is 4.78. The van der Waals surface area contributed by atoms with Crippen LogP contribution in [0.15, 0.2) is 23.1 Å². The monoisotopic (exact) mass is 301 g/mol. The van der Waals surface area contributed by atoms with Crippen molar-refractivity contribution in [3.05, 3.63) is 28.3 Å². The maximum Gasteiger partial charge on any atom is 0.293 e. The van der Waals surface area contributed by atoms with Crippen molar-refractivity contribution in [3.63, 3.8) is 0 Å². The second kappa shape index (κ2) is 6.67. The summed E-state index contributed by atoms with van der Waals surface area (Å²) in [6, 6.07) is 4.19. The first-order chi connectivity index (χ1) is 9.21. The molecule has 0 saturated heterocycles. The maximum absolute atomic E-state index is 11.4. The van der Waals surface area contributed by atoms with E-state index in [0.717, 1.165) is 12.3 Å². The first kappa shape index (κ1) is 16.4. The number of sulfone groups is 1. The van der Waals surface area contributed by atoms with Crippen molar-refractivity contribution in [2.75, 3.05) is 24.7 Å². The van der Waals surface area contributed by atoms with Crippen molar-refractivity contribution in [3.8, 4) is 0 Å². The largest absolute Gasteiger partial charge is 0.378 e. The molecule has 8 heteroatoms. The number of hydrogen-bond acceptors (Lipinski definition) is 6. The molecule has 0 saturated carbocycles. The fourth-order valence-electron chi connectivity index (χ4n) is 1.60. The van der Waals surface area contributed by atoms with Crippen molar-refractivity contribution in [1.29, 1.82) is 0 Å². The zero-order valence-electron chi connectivity index (χ0n) is 11.7. The molecule has 0 aliphatic carbocycles. The summed E-state index contributed by atoms with van der Waals surface area (Å²) < 4.78 is 22.8. The molecule has 1 aromatic carbocycles. The average molecular weight is 301 g/mol. The van der Waals surface area contributed by atoms with Crippen LogP contribution in [-0.2, 0) is 9.84 Å². The zero-order chi connectivity index (χ0) is 15.3. The van der Waals surface area contributed by atoms with E-state index in [4.69, 9.17) is 0 Å². The van der Waals surface area contributed by atoms with Crippen LogP contribution in [0, 0.1) is 10.1 Å². The minimum Gasteiger partial charge on any atom is -0.378 e. The van der Waals surface area contributed by atoms with Gasteiger partial charge < -0.3 is 10.6 Å². The van der Waals surface area contributed by atoms with Gasteiger partial charge in [-0.15, -0.1) is 0 Å². The van der Waals surface area contributed by atoms with Gasteiger partial charge in [-0.2, -0.15) is 0 Å². The van der Waals surface area contributed by atoms with E-state index < -0.39 is 14.8 Å². The van der Waals surface area contributed by atoms with Gasteiger partial charge in [-0.1, -0.05) is 13.8 Å². The van der Waals surface area contributed by atoms with Crippen molar-refractivity contribution in [1.82, 2.24) is 5.32 Å². The Balaban J connectivity index is 2.89. The standard InChI is InChI=1S/C12H19N3O4S/c1-9(2)13-6-7-14-11-5-4-10(20(3,18)19)8-12(11)15(16)17/h4-5,8-9,13-14H,6-7H2,1-3H3. The van der Waals surface area contributed by atoms with Gasteiger partial charge in [0.25, 0.3) is 5.69 Å². The van der Waals surface area contributed by atoms with E-state index in [-0.39, 0.29) is 10.6 Å². The molecule has 112 valence electrons. The topological polar surface area (TPSA) is 101 Å². The van der Waals surface area contributed by atoms with E-state index in [1.54, 1.807) is 0 Å². The van der Waals surface area contributed by atoms with E-state index in [9.17, 15) is 18.5 Å². The molecule has 1 aromatic rings. The molecule has 0 amide bonds. The Morgan fingerprint density at radius 2 is 1.95 bits per heavy atom. The lowest BCUT2D eigenvalue weighted by atomic mass is 10.2. The van der Waals surface area contributed by atoms with Crippen LogP contribution >= 0.6 is 0 Å². The fraction of sp³-hybridized carbons (Fsp3) is 0.500. The average Bonchev–Trinajstić information content (AvgIpc) is 2.33. The summed E-state index contributed by atoms with van der Waals surface area (Å²) in [5, 5.41) is 17.1. The Morgan fingerprint density at radius 3 is 2.45 bits per heavy atom. The van der Waals surface area contributed by atoms with Crippen LogP contribution in [0.4, 0.5) is 11.4 Å². The first-order valence-corrected chi connectivity index (χ1v) is 8.06. The van der Waals surface area contributed by atoms with Gasteiger partial charge in [0.05, 0.1) is 9.82 Å². The lowest BCUT2D eigenvalue weighted by Gasteiger charge is -2.10. The third-order valence-corrected chi connectivity index (χ3v) is 3.70. The SMILES string of the molecule is CC(C)NCCNc1ccc(S(C)(=O)=O)cc1[N+](=O)[O-]. The van der Waals surface area contributed by atoms with Crippen LogP contribution in [0.3, 0.4) is 0 Å². The Hall–Kier alpha value is -1.67. The zero-order valence-corrected chi connectivity index (χ0v) is 12.5. The number of nitro groups is 1.